The van der Waals surface area contributed by atoms with Gasteiger partial charge in [-0.05, 0) is 49.8 Å². The largest absolute Gasteiger partial charge is 0.362 e. The van der Waals surface area contributed by atoms with Gasteiger partial charge in [0.2, 0.25) is 5.95 Å². The molecule has 0 saturated heterocycles. The zero-order chi connectivity index (χ0) is 22.3. The van der Waals surface area contributed by atoms with Gasteiger partial charge in [0.25, 0.3) is 0 Å². The fourth-order valence-electron chi connectivity index (χ4n) is 4.23. The molecule has 7 heteroatoms. The molecule has 7 nitrogen and oxygen atoms in total. The van der Waals surface area contributed by atoms with Crippen LogP contribution in [0.15, 0.2) is 54.6 Å². The predicted molar refractivity (Wildman–Crippen MR) is 130 cm³/mol. The van der Waals surface area contributed by atoms with Crippen molar-refractivity contribution < 1.29 is 4.79 Å². The average Bonchev–Trinajstić information content (AvgIpc) is 2.80. The molecule has 0 bridgehead atoms. The highest BCUT2D eigenvalue weighted by Crippen LogP contribution is 2.26. The predicted octanol–water partition coefficient (Wildman–Crippen LogP) is 3.96. The van der Waals surface area contributed by atoms with E-state index in [1.165, 1.54) is 5.56 Å². The van der Waals surface area contributed by atoms with Crippen molar-refractivity contribution in [3.8, 4) is 0 Å². The average molecular weight is 433 g/mol. The summed E-state index contributed by atoms with van der Waals surface area (Å²) < 4.78 is 0. The minimum absolute atomic E-state index is 0.0779. The molecule has 0 aliphatic heterocycles. The molecule has 3 aromatic rings. The number of aromatic nitrogens is 2. The zero-order valence-electron chi connectivity index (χ0n) is 18.8. The molecule has 1 fully saturated rings. The lowest BCUT2D eigenvalue weighted by molar-refractivity contribution is 0.232. The van der Waals surface area contributed by atoms with Crippen LogP contribution in [0.3, 0.4) is 0 Å². The minimum Gasteiger partial charge on any atom is -0.362 e. The highest BCUT2D eigenvalue weighted by atomic mass is 16.2. The molecule has 4 rings (SSSR count). The van der Waals surface area contributed by atoms with Crippen molar-refractivity contribution in [1.82, 2.24) is 20.6 Å². The van der Waals surface area contributed by atoms with Gasteiger partial charge in [0.1, 0.15) is 5.82 Å². The number of benzene rings is 2. The van der Waals surface area contributed by atoms with E-state index >= 15 is 0 Å². The molecule has 2 amide bonds. The Morgan fingerprint density at radius 1 is 0.938 bits per heavy atom. The topological polar surface area (TPSA) is 82.2 Å². The molecule has 1 aliphatic rings. The number of carbonyl (C=O) groups is 1. The zero-order valence-corrected chi connectivity index (χ0v) is 18.8. The van der Waals surface area contributed by atoms with Crippen LogP contribution in [0, 0.1) is 0 Å². The maximum Gasteiger partial charge on any atom is 0.315 e. The SMILES string of the molecule is CN(C)c1nc(NC2CCC(NC(=O)NCCc3ccccc3)CC2)nc2ccccc12. The Kier molecular flexibility index (Phi) is 7.04. The number of nitrogens with zero attached hydrogens (tertiary/aromatic N) is 3. The lowest BCUT2D eigenvalue weighted by atomic mass is 9.91. The van der Waals surface area contributed by atoms with Gasteiger partial charge in [-0.15, -0.1) is 0 Å². The van der Waals surface area contributed by atoms with Crippen molar-refractivity contribution in [2.75, 3.05) is 30.9 Å². The molecule has 2 aromatic carbocycles. The first-order chi connectivity index (χ1) is 15.6. The molecule has 1 aromatic heterocycles. The van der Waals surface area contributed by atoms with Gasteiger partial charge in [0, 0.05) is 38.1 Å². The molecule has 3 N–H and O–H groups in total. The molecule has 0 unspecified atom stereocenters. The number of hydrogen-bond donors (Lipinski definition) is 3. The van der Waals surface area contributed by atoms with Gasteiger partial charge in [-0.25, -0.2) is 9.78 Å². The number of fused-ring (bicyclic) bond motifs is 1. The Balaban J connectivity index is 1.25. The van der Waals surface area contributed by atoms with E-state index in [1.54, 1.807) is 0 Å². The van der Waals surface area contributed by atoms with Gasteiger partial charge in [0.05, 0.1) is 5.52 Å². The van der Waals surface area contributed by atoms with Crippen molar-refractivity contribution in [1.29, 1.82) is 0 Å². The van der Waals surface area contributed by atoms with Gasteiger partial charge in [-0.1, -0.05) is 42.5 Å². The number of rotatable bonds is 7. The van der Waals surface area contributed by atoms with Gasteiger partial charge in [-0.3, -0.25) is 0 Å². The molecule has 32 heavy (non-hydrogen) atoms. The van der Waals surface area contributed by atoms with Gasteiger partial charge in [-0.2, -0.15) is 4.98 Å². The van der Waals surface area contributed by atoms with Gasteiger partial charge in [0.15, 0.2) is 0 Å². The smallest absolute Gasteiger partial charge is 0.315 e. The summed E-state index contributed by atoms with van der Waals surface area (Å²) in [6.45, 7) is 0.639. The van der Waals surface area contributed by atoms with Crippen LogP contribution in [0.5, 0.6) is 0 Å². The number of amides is 2. The maximum atomic E-state index is 12.2. The van der Waals surface area contributed by atoms with Crippen molar-refractivity contribution >= 4 is 28.7 Å². The van der Waals surface area contributed by atoms with Crippen molar-refractivity contribution in [2.45, 2.75) is 44.2 Å². The molecule has 0 spiro atoms. The fourth-order valence-corrected chi connectivity index (χ4v) is 4.23. The van der Waals surface area contributed by atoms with E-state index in [0.717, 1.165) is 48.8 Å². The van der Waals surface area contributed by atoms with E-state index < -0.39 is 0 Å². The second-order valence-electron chi connectivity index (χ2n) is 8.61. The van der Waals surface area contributed by atoms with Crippen LogP contribution in [0.1, 0.15) is 31.2 Å². The van der Waals surface area contributed by atoms with Gasteiger partial charge >= 0.3 is 6.03 Å². The van der Waals surface area contributed by atoms with E-state index in [9.17, 15) is 4.79 Å². The quantitative estimate of drug-likeness (QED) is 0.526. The van der Waals surface area contributed by atoms with Crippen LogP contribution < -0.4 is 20.9 Å². The van der Waals surface area contributed by atoms with Crippen LogP contribution in [0.4, 0.5) is 16.6 Å². The first kappa shape index (κ1) is 21.9. The number of carbonyl (C=O) groups excluding carboxylic acids is 1. The molecular weight excluding hydrogens is 400 g/mol. The first-order valence-corrected chi connectivity index (χ1v) is 11.4. The number of para-hydroxylation sites is 1. The van der Waals surface area contributed by atoms with E-state index in [4.69, 9.17) is 9.97 Å². The normalized spacial score (nSPS) is 18.2. The summed E-state index contributed by atoms with van der Waals surface area (Å²) in [5.74, 6) is 1.59. The monoisotopic (exact) mass is 432 g/mol. The summed E-state index contributed by atoms with van der Waals surface area (Å²) in [5, 5.41) is 10.7. The van der Waals surface area contributed by atoms with Gasteiger partial charge < -0.3 is 20.9 Å². The Morgan fingerprint density at radius 3 is 2.38 bits per heavy atom. The summed E-state index contributed by atoms with van der Waals surface area (Å²) in [7, 11) is 4.00. The van der Waals surface area contributed by atoms with E-state index in [2.05, 4.69) is 34.1 Å². The van der Waals surface area contributed by atoms with E-state index in [-0.39, 0.29) is 12.1 Å². The Hall–Kier alpha value is -3.35. The third kappa shape index (κ3) is 5.66. The summed E-state index contributed by atoms with van der Waals surface area (Å²) in [5.41, 5.74) is 2.17. The first-order valence-electron chi connectivity index (χ1n) is 11.4. The number of nitrogens with one attached hydrogen (secondary N) is 3. The molecule has 1 aliphatic carbocycles. The fraction of sp³-hybridized carbons (Fsp3) is 0.400. The standard InChI is InChI=1S/C25H32N6O/c1-31(2)23-21-10-6-7-11-22(21)29-24(30-23)27-19-12-14-20(15-13-19)28-25(32)26-17-16-18-8-4-3-5-9-18/h3-11,19-20H,12-17H2,1-2H3,(H2,26,28,32)(H,27,29,30). The van der Waals surface area contributed by atoms with Crippen molar-refractivity contribution in [3.05, 3.63) is 60.2 Å². The third-order valence-corrected chi connectivity index (χ3v) is 5.94. The van der Waals surface area contributed by atoms with E-state index in [0.29, 0.717) is 18.5 Å². The molecule has 0 radical (unpaired) electrons. The van der Waals surface area contributed by atoms with Crippen molar-refractivity contribution in [3.63, 3.8) is 0 Å². The summed E-state index contributed by atoms with van der Waals surface area (Å²) >= 11 is 0. The van der Waals surface area contributed by atoms with Crippen LogP contribution in [0.25, 0.3) is 10.9 Å². The molecular formula is C25H32N6O. The molecule has 1 heterocycles. The second kappa shape index (κ2) is 10.3. The number of anilines is 2. The summed E-state index contributed by atoms with van der Waals surface area (Å²) in [6.07, 6.45) is 4.67. The minimum atomic E-state index is -0.0779. The van der Waals surface area contributed by atoms with Crippen LogP contribution in [0.2, 0.25) is 0 Å². The number of urea groups is 1. The Morgan fingerprint density at radius 2 is 1.62 bits per heavy atom. The van der Waals surface area contributed by atoms with Crippen LogP contribution >= 0.6 is 0 Å². The van der Waals surface area contributed by atoms with Crippen LogP contribution in [-0.2, 0) is 6.42 Å². The second-order valence-corrected chi connectivity index (χ2v) is 8.61. The highest BCUT2D eigenvalue weighted by Gasteiger charge is 2.23. The van der Waals surface area contributed by atoms with Crippen LogP contribution in [-0.4, -0.2) is 48.7 Å². The Bertz CT molecular complexity index is 1030. The highest BCUT2D eigenvalue weighted by molar-refractivity contribution is 5.90. The lowest BCUT2D eigenvalue weighted by Gasteiger charge is -2.30. The lowest BCUT2D eigenvalue weighted by Crippen LogP contribution is -2.45. The van der Waals surface area contributed by atoms with E-state index in [1.807, 2.05) is 55.4 Å². The van der Waals surface area contributed by atoms with Crippen molar-refractivity contribution in [2.24, 2.45) is 0 Å². The number of hydrogen-bond acceptors (Lipinski definition) is 5. The Labute approximate surface area is 189 Å². The summed E-state index contributed by atoms with van der Waals surface area (Å²) in [6, 6.07) is 18.7. The maximum absolute atomic E-state index is 12.2. The summed E-state index contributed by atoms with van der Waals surface area (Å²) in [4.78, 5) is 23.7. The molecule has 0 atom stereocenters. The third-order valence-electron chi connectivity index (χ3n) is 5.94. The molecule has 1 saturated carbocycles. The molecule has 168 valence electrons.